The summed E-state index contributed by atoms with van der Waals surface area (Å²) in [5.41, 5.74) is 4.51. The average molecular weight is 605 g/mol. The van der Waals surface area contributed by atoms with Gasteiger partial charge in [-0.05, 0) is 83.6 Å². The number of unbranched alkanes of at least 4 members (excludes halogenated alkanes) is 1. The van der Waals surface area contributed by atoms with Crippen LogP contribution in [0.5, 0.6) is 17.2 Å². The normalized spacial score (nSPS) is 12.8. The van der Waals surface area contributed by atoms with Crippen LogP contribution in [0.3, 0.4) is 0 Å². The van der Waals surface area contributed by atoms with E-state index in [1.807, 2.05) is 37.3 Å². The molecule has 0 heterocycles. The molecule has 0 spiro atoms. The van der Waals surface area contributed by atoms with Crippen molar-refractivity contribution >= 4 is 17.9 Å². The van der Waals surface area contributed by atoms with Crippen molar-refractivity contribution in [2.24, 2.45) is 0 Å². The van der Waals surface area contributed by atoms with E-state index < -0.39 is 30.3 Å². The number of benzene rings is 3. The number of carbonyl (C=O) groups is 3. The summed E-state index contributed by atoms with van der Waals surface area (Å²) in [6.07, 6.45) is 1.24. The van der Waals surface area contributed by atoms with Crippen molar-refractivity contribution in [2.45, 2.75) is 25.7 Å². The zero-order valence-electron chi connectivity index (χ0n) is 24.3. The van der Waals surface area contributed by atoms with Gasteiger partial charge < -0.3 is 28.8 Å². The van der Waals surface area contributed by atoms with Gasteiger partial charge >= 0.3 is 17.9 Å². The van der Waals surface area contributed by atoms with Crippen LogP contribution in [0.25, 0.3) is 11.1 Å². The molecule has 4 rings (SSSR count). The number of esters is 3. The highest BCUT2D eigenvalue weighted by Crippen LogP contribution is 2.47. The maximum Gasteiger partial charge on any atom is 0.366 e. The van der Waals surface area contributed by atoms with Gasteiger partial charge in [-0.2, -0.15) is 4.39 Å². The molecule has 0 saturated carbocycles. The van der Waals surface area contributed by atoms with Gasteiger partial charge in [0.2, 0.25) is 5.83 Å². The predicted molar refractivity (Wildman–Crippen MR) is 159 cm³/mol. The third-order valence-corrected chi connectivity index (χ3v) is 6.90. The fraction of sp³-hybridized carbons (Fsp3) is 0.265. The highest BCUT2D eigenvalue weighted by Gasteiger charge is 2.27. The van der Waals surface area contributed by atoms with Crippen molar-refractivity contribution in [3.8, 4) is 28.4 Å². The molecule has 9 nitrogen and oxygen atoms in total. The minimum absolute atomic E-state index is 0.0124. The smallest absolute Gasteiger partial charge is 0.366 e. The van der Waals surface area contributed by atoms with Crippen molar-refractivity contribution in [1.29, 1.82) is 0 Å². The highest BCUT2D eigenvalue weighted by atomic mass is 19.1. The Balaban J connectivity index is 1.26. The number of rotatable bonds is 15. The van der Waals surface area contributed by atoms with Gasteiger partial charge in [-0.1, -0.05) is 32.2 Å². The van der Waals surface area contributed by atoms with E-state index >= 15 is 0 Å². The number of carbonyl (C=O) groups excluding carboxylic acids is 3. The van der Waals surface area contributed by atoms with Gasteiger partial charge in [0, 0.05) is 5.92 Å². The summed E-state index contributed by atoms with van der Waals surface area (Å²) in [7, 11) is 0. The van der Waals surface area contributed by atoms with Gasteiger partial charge in [-0.3, -0.25) is 0 Å². The van der Waals surface area contributed by atoms with E-state index in [1.165, 1.54) is 0 Å². The van der Waals surface area contributed by atoms with Crippen LogP contribution in [-0.2, 0) is 19.1 Å². The lowest BCUT2D eigenvalue weighted by Crippen LogP contribution is -2.12. The fourth-order valence-corrected chi connectivity index (χ4v) is 4.56. The quantitative estimate of drug-likeness (QED) is 0.101. The number of halogens is 1. The van der Waals surface area contributed by atoms with E-state index in [4.69, 9.17) is 28.8 Å². The Labute approximate surface area is 254 Å². The van der Waals surface area contributed by atoms with Crippen LogP contribution in [-0.4, -0.2) is 56.0 Å². The topological polar surface area (TPSA) is 118 Å². The molecule has 0 radical (unpaired) electrons. The van der Waals surface area contributed by atoms with Crippen LogP contribution in [0, 0.1) is 0 Å². The minimum Gasteiger partial charge on any atom is -0.494 e. The zero-order valence-corrected chi connectivity index (χ0v) is 24.3. The molecule has 1 N–H and O–H groups in total. The van der Waals surface area contributed by atoms with Gasteiger partial charge in [-0.15, -0.1) is 0 Å². The molecule has 230 valence electrons. The van der Waals surface area contributed by atoms with Gasteiger partial charge in [0.1, 0.15) is 30.5 Å². The number of aliphatic hydroxyl groups excluding tert-OH is 1. The molecule has 0 saturated heterocycles. The summed E-state index contributed by atoms with van der Waals surface area (Å²) in [6, 6.07) is 17.8. The molecule has 0 aliphatic heterocycles. The van der Waals surface area contributed by atoms with Crippen LogP contribution in [0.4, 0.5) is 4.39 Å². The second-order valence-corrected chi connectivity index (χ2v) is 9.98. The maximum atomic E-state index is 12.8. The summed E-state index contributed by atoms with van der Waals surface area (Å²) >= 11 is 0. The van der Waals surface area contributed by atoms with Gasteiger partial charge in [0.25, 0.3) is 0 Å². The average Bonchev–Trinajstić information content (AvgIpc) is 3.30. The van der Waals surface area contributed by atoms with E-state index in [2.05, 4.69) is 13.2 Å². The van der Waals surface area contributed by atoms with Crippen molar-refractivity contribution in [1.82, 2.24) is 0 Å². The molecule has 1 aliphatic rings. The second kappa shape index (κ2) is 15.0. The standard InChI is InChI=1S/C34H33FO9/c1-21(20-36)32(37)42-15-5-4-14-40-25-8-6-24(7-9-25)34(39)44-27-11-13-29-28-12-10-26(18-30(28)22(2)31(29)19-27)41-16-17-43-33(38)23(3)35/h6-13,18-19,22,36H,1,3-5,14-17,20H2,2H3. The molecule has 0 fully saturated rings. The molecule has 1 aliphatic carbocycles. The number of hydrogen-bond acceptors (Lipinski definition) is 9. The first-order valence-corrected chi connectivity index (χ1v) is 14.0. The summed E-state index contributed by atoms with van der Waals surface area (Å²) in [6.45, 7) is 8.48. The molecule has 10 heteroatoms. The third-order valence-electron chi connectivity index (χ3n) is 6.90. The lowest BCUT2D eigenvalue weighted by molar-refractivity contribution is -0.141. The fourth-order valence-electron chi connectivity index (χ4n) is 4.56. The van der Waals surface area contributed by atoms with Crippen LogP contribution >= 0.6 is 0 Å². The predicted octanol–water partition coefficient (Wildman–Crippen LogP) is 5.69. The first-order chi connectivity index (χ1) is 21.2. The Hall–Kier alpha value is -4.96. The van der Waals surface area contributed by atoms with Gasteiger partial charge in [-0.25, -0.2) is 14.4 Å². The molecule has 0 amide bonds. The molecular weight excluding hydrogens is 571 g/mol. The first-order valence-electron chi connectivity index (χ1n) is 14.0. The molecule has 0 bridgehead atoms. The highest BCUT2D eigenvalue weighted by molar-refractivity contribution is 5.91. The summed E-state index contributed by atoms with van der Waals surface area (Å²) in [4.78, 5) is 35.4. The Kier molecular flexibility index (Phi) is 10.9. The molecule has 0 aromatic heterocycles. The first kappa shape index (κ1) is 32.0. The minimum atomic E-state index is -1.16. The van der Waals surface area contributed by atoms with Crippen LogP contribution in [0.15, 0.2) is 85.2 Å². The maximum absolute atomic E-state index is 12.8. The second-order valence-electron chi connectivity index (χ2n) is 9.98. The van der Waals surface area contributed by atoms with Crippen molar-refractivity contribution in [2.75, 3.05) is 33.0 Å². The molecule has 44 heavy (non-hydrogen) atoms. The Morgan fingerprint density at radius 1 is 0.750 bits per heavy atom. The monoisotopic (exact) mass is 604 g/mol. The number of aliphatic hydroxyl groups is 1. The van der Waals surface area contributed by atoms with Crippen molar-refractivity contribution in [3.05, 3.63) is 102 Å². The van der Waals surface area contributed by atoms with E-state index in [0.717, 1.165) is 22.3 Å². The summed E-state index contributed by atoms with van der Waals surface area (Å²) in [5.74, 6) is -1.77. The Morgan fingerprint density at radius 3 is 1.98 bits per heavy atom. The number of hydrogen-bond donors (Lipinski definition) is 1. The third kappa shape index (κ3) is 8.11. The van der Waals surface area contributed by atoms with Crippen LogP contribution in [0.1, 0.15) is 47.2 Å². The number of fused-ring (bicyclic) bond motifs is 3. The van der Waals surface area contributed by atoms with Crippen LogP contribution in [0.2, 0.25) is 0 Å². The molecule has 3 aromatic carbocycles. The molecular formula is C34H33FO9. The van der Waals surface area contributed by atoms with Crippen molar-refractivity contribution < 1.29 is 47.6 Å². The van der Waals surface area contributed by atoms with E-state index in [1.54, 1.807) is 30.3 Å². The Bertz CT molecular complexity index is 1540. The van der Waals surface area contributed by atoms with E-state index in [9.17, 15) is 18.8 Å². The van der Waals surface area contributed by atoms with Crippen molar-refractivity contribution in [3.63, 3.8) is 0 Å². The van der Waals surface area contributed by atoms with Crippen LogP contribution < -0.4 is 14.2 Å². The SMILES string of the molecule is C=C(F)C(=O)OCCOc1ccc2c(c1)C(C)c1cc(OC(=O)c3ccc(OCCCCOC(=O)C(=C)CO)cc3)ccc1-2. The Morgan fingerprint density at radius 2 is 1.32 bits per heavy atom. The number of ether oxygens (including phenoxy) is 5. The van der Waals surface area contributed by atoms with Gasteiger partial charge in [0.15, 0.2) is 0 Å². The molecule has 3 aromatic rings. The van der Waals surface area contributed by atoms with E-state index in [0.29, 0.717) is 42.3 Å². The summed E-state index contributed by atoms with van der Waals surface area (Å²) in [5, 5.41) is 8.86. The van der Waals surface area contributed by atoms with E-state index in [-0.39, 0.29) is 31.3 Å². The lowest BCUT2D eigenvalue weighted by atomic mass is 9.99. The molecule has 1 unspecified atom stereocenters. The summed E-state index contributed by atoms with van der Waals surface area (Å²) < 4.78 is 39.4. The van der Waals surface area contributed by atoms with Gasteiger partial charge in [0.05, 0.1) is 31.0 Å². The lowest BCUT2D eigenvalue weighted by Gasteiger charge is -2.11. The molecule has 1 atom stereocenters. The zero-order chi connectivity index (χ0) is 31.6. The largest absolute Gasteiger partial charge is 0.494 e.